The molecule has 1 saturated carbocycles. The van der Waals surface area contributed by atoms with E-state index in [0.717, 1.165) is 18.7 Å². The zero-order valence-corrected chi connectivity index (χ0v) is 13.0. The van der Waals surface area contributed by atoms with E-state index in [1.165, 1.54) is 37.8 Å². The van der Waals surface area contributed by atoms with E-state index in [-0.39, 0.29) is 5.60 Å². The first-order valence-electron chi connectivity index (χ1n) is 7.95. The van der Waals surface area contributed by atoms with Gasteiger partial charge in [-0.2, -0.15) is 5.10 Å². The van der Waals surface area contributed by atoms with Gasteiger partial charge >= 0.3 is 0 Å². The molecule has 1 saturated heterocycles. The van der Waals surface area contributed by atoms with E-state index in [9.17, 15) is 0 Å². The van der Waals surface area contributed by atoms with Crippen LogP contribution in [0, 0.1) is 12.8 Å². The van der Waals surface area contributed by atoms with Crippen molar-refractivity contribution in [1.82, 2.24) is 15.1 Å². The number of aromatic nitrogens is 2. The van der Waals surface area contributed by atoms with Gasteiger partial charge in [-0.25, -0.2) is 0 Å². The van der Waals surface area contributed by atoms with Crippen molar-refractivity contribution in [3.05, 3.63) is 17.5 Å². The fraction of sp³-hybridized carbons (Fsp3) is 0.812. The number of nitrogens with one attached hydrogen (secondary N) is 1. The summed E-state index contributed by atoms with van der Waals surface area (Å²) in [7, 11) is 4.13. The fourth-order valence-corrected chi connectivity index (χ4v) is 4.26. The molecular weight excluding hydrogens is 250 g/mol. The van der Waals surface area contributed by atoms with E-state index < -0.39 is 0 Å². The average molecular weight is 277 g/mol. The molecule has 0 bridgehead atoms. The number of aryl methyl sites for hydroxylation is 2. The molecule has 1 spiro atoms. The Morgan fingerprint density at radius 1 is 1.45 bits per heavy atom. The van der Waals surface area contributed by atoms with Crippen molar-refractivity contribution in [3.8, 4) is 0 Å². The van der Waals surface area contributed by atoms with E-state index in [1.54, 1.807) is 0 Å². The van der Waals surface area contributed by atoms with Crippen molar-refractivity contribution in [1.29, 1.82) is 0 Å². The van der Waals surface area contributed by atoms with Crippen molar-refractivity contribution >= 4 is 0 Å². The van der Waals surface area contributed by atoms with Gasteiger partial charge in [-0.15, -0.1) is 0 Å². The molecule has 2 heterocycles. The first kappa shape index (κ1) is 14.1. The summed E-state index contributed by atoms with van der Waals surface area (Å²) in [6, 6.07) is 2.61. The van der Waals surface area contributed by atoms with Crippen LogP contribution in [0.4, 0.5) is 0 Å². The number of ether oxygens (including phenoxy) is 1. The lowest BCUT2D eigenvalue weighted by Gasteiger charge is -2.41. The Bertz CT molecular complexity index is 462. The molecule has 2 aliphatic rings. The average Bonchev–Trinajstić information content (AvgIpc) is 2.99. The maximum atomic E-state index is 6.17. The van der Waals surface area contributed by atoms with E-state index in [2.05, 4.69) is 37.5 Å². The van der Waals surface area contributed by atoms with E-state index in [1.807, 2.05) is 4.68 Å². The summed E-state index contributed by atoms with van der Waals surface area (Å²) in [6.07, 6.45) is 7.53. The largest absolute Gasteiger partial charge is 0.375 e. The Morgan fingerprint density at radius 2 is 2.20 bits per heavy atom. The van der Waals surface area contributed by atoms with Crippen LogP contribution in [0.1, 0.15) is 56.0 Å². The van der Waals surface area contributed by atoms with Crippen LogP contribution in [-0.4, -0.2) is 29.0 Å². The van der Waals surface area contributed by atoms with Crippen LogP contribution >= 0.6 is 0 Å². The van der Waals surface area contributed by atoms with Crippen LogP contribution in [0.15, 0.2) is 6.07 Å². The van der Waals surface area contributed by atoms with Gasteiger partial charge < -0.3 is 10.1 Å². The van der Waals surface area contributed by atoms with Gasteiger partial charge in [0.2, 0.25) is 0 Å². The molecular formula is C16H27N3O. The summed E-state index contributed by atoms with van der Waals surface area (Å²) in [5.41, 5.74) is 2.60. The van der Waals surface area contributed by atoms with Gasteiger partial charge in [0.1, 0.15) is 0 Å². The minimum atomic E-state index is 0.186. The minimum absolute atomic E-state index is 0.186. The topological polar surface area (TPSA) is 39.1 Å². The van der Waals surface area contributed by atoms with Crippen molar-refractivity contribution in [2.24, 2.45) is 13.0 Å². The number of rotatable bonds is 3. The molecule has 20 heavy (non-hydrogen) atoms. The molecule has 3 rings (SSSR count). The van der Waals surface area contributed by atoms with Gasteiger partial charge in [-0.1, -0.05) is 12.8 Å². The van der Waals surface area contributed by atoms with Gasteiger partial charge in [-0.3, -0.25) is 4.68 Å². The number of hydrogen-bond donors (Lipinski definition) is 1. The Balaban J connectivity index is 1.80. The normalized spacial score (nSPS) is 27.1. The molecule has 0 radical (unpaired) electrons. The van der Waals surface area contributed by atoms with E-state index in [4.69, 9.17) is 4.74 Å². The Kier molecular flexibility index (Phi) is 3.87. The van der Waals surface area contributed by atoms with Crippen molar-refractivity contribution in [2.45, 2.75) is 57.1 Å². The van der Waals surface area contributed by atoms with Crippen LogP contribution in [0.3, 0.4) is 0 Å². The molecule has 112 valence electrons. The first-order chi connectivity index (χ1) is 9.63. The molecule has 0 aromatic carbocycles. The monoisotopic (exact) mass is 277 g/mol. The molecule has 2 fully saturated rings. The fourth-order valence-electron chi connectivity index (χ4n) is 4.26. The van der Waals surface area contributed by atoms with Crippen LogP contribution < -0.4 is 5.32 Å². The van der Waals surface area contributed by atoms with Crippen molar-refractivity contribution in [2.75, 3.05) is 13.7 Å². The molecule has 2 atom stereocenters. The second-order valence-corrected chi connectivity index (χ2v) is 6.59. The second kappa shape index (κ2) is 5.49. The third-order valence-electron chi connectivity index (χ3n) is 5.19. The maximum absolute atomic E-state index is 6.17. The predicted molar refractivity (Wildman–Crippen MR) is 79.6 cm³/mol. The highest BCUT2D eigenvalue weighted by Gasteiger charge is 2.42. The van der Waals surface area contributed by atoms with Crippen molar-refractivity contribution in [3.63, 3.8) is 0 Å². The Labute approximate surface area is 121 Å². The molecule has 1 aromatic heterocycles. The molecule has 4 nitrogen and oxygen atoms in total. The third-order valence-corrected chi connectivity index (χ3v) is 5.19. The summed E-state index contributed by atoms with van der Waals surface area (Å²) < 4.78 is 8.21. The summed E-state index contributed by atoms with van der Waals surface area (Å²) >= 11 is 0. The van der Waals surface area contributed by atoms with Crippen LogP contribution in [0.2, 0.25) is 0 Å². The van der Waals surface area contributed by atoms with Gasteiger partial charge in [0.15, 0.2) is 0 Å². The van der Waals surface area contributed by atoms with E-state index in [0.29, 0.717) is 12.0 Å². The quantitative estimate of drug-likeness (QED) is 0.923. The summed E-state index contributed by atoms with van der Waals surface area (Å²) in [5.74, 6) is 0.654. The van der Waals surface area contributed by atoms with Crippen LogP contribution in [0.5, 0.6) is 0 Å². The third kappa shape index (κ3) is 2.51. The maximum Gasteiger partial charge on any atom is 0.0686 e. The Hall–Kier alpha value is -0.870. The smallest absolute Gasteiger partial charge is 0.0686 e. The molecule has 0 amide bonds. The van der Waals surface area contributed by atoms with Gasteiger partial charge in [0.05, 0.1) is 23.0 Å². The minimum Gasteiger partial charge on any atom is -0.375 e. The number of nitrogens with zero attached hydrogens (tertiary/aromatic N) is 2. The standard InChI is InChI=1S/C16H27N3O/c1-12-10-14(19(3)18-12)15(17-2)13-6-9-20-16(11-13)7-4-5-8-16/h10,13,15,17H,4-9,11H2,1-3H3. The number of hydrogen-bond acceptors (Lipinski definition) is 3. The zero-order chi connectivity index (χ0) is 14.2. The van der Waals surface area contributed by atoms with Gasteiger partial charge in [-0.05, 0) is 51.6 Å². The highest BCUT2D eigenvalue weighted by molar-refractivity contribution is 5.15. The lowest BCUT2D eigenvalue weighted by Crippen LogP contribution is -2.41. The lowest BCUT2D eigenvalue weighted by molar-refractivity contribution is -0.0982. The SMILES string of the molecule is CNC(c1cc(C)nn1C)C1CCOC2(CCCC2)C1. The summed E-state index contributed by atoms with van der Waals surface area (Å²) in [6.45, 7) is 2.98. The second-order valence-electron chi connectivity index (χ2n) is 6.59. The molecule has 1 N–H and O–H groups in total. The van der Waals surface area contributed by atoms with E-state index >= 15 is 0 Å². The Morgan fingerprint density at radius 3 is 2.80 bits per heavy atom. The highest BCUT2D eigenvalue weighted by atomic mass is 16.5. The first-order valence-corrected chi connectivity index (χ1v) is 7.95. The summed E-state index contributed by atoms with van der Waals surface area (Å²) in [5, 5.41) is 8.04. The summed E-state index contributed by atoms with van der Waals surface area (Å²) in [4.78, 5) is 0. The molecule has 1 aromatic rings. The molecule has 2 unspecified atom stereocenters. The molecule has 4 heteroatoms. The van der Waals surface area contributed by atoms with Gasteiger partial charge in [0.25, 0.3) is 0 Å². The van der Waals surface area contributed by atoms with Crippen LogP contribution in [0.25, 0.3) is 0 Å². The van der Waals surface area contributed by atoms with Crippen LogP contribution in [-0.2, 0) is 11.8 Å². The molecule has 1 aliphatic carbocycles. The zero-order valence-electron chi connectivity index (χ0n) is 13.0. The van der Waals surface area contributed by atoms with Gasteiger partial charge in [0, 0.05) is 13.7 Å². The highest BCUT2D eigenvalue weighted by Crippen LogP contribution is 2.45. The van der Waals surface area contributed by atoms with Crippen molar-refractivity contribution < 1.29 is 4.74 Å². The molecule has 1 aliphatic heterocycles. The predicted octanol–water partition coefficient (Wildman–Crippen LogP) is 2.73. The lowest BCUT2D eigenvalue weighted by atomic mass is 9.79.